The average molecular weight is 501 g/mol. The summed E-state index contributed by atoms with van der Waals surface area (Å²) >= 11 is 8.98. The van der Waals surface area contributed by atoms with Crippen LogP contribution in [0.1, 0.15) is 55.1 Å². The second-order valence-electron chi connectivity index (χ2n) is 9.21. The maximum Gasteiger partial charge on any atom is 0.337 e. The van der Waals surface area contributed by atoms with Gasteiger partial charge in [-0.05, 0) is 78.2 Å². The molecule has 9 heteroatoms. The van der Waals surface area contributed by atoms with Crippen LogP contribution in [0.5, 0.6) is 0 Å². The molecule has 0 saturated carbocycles. The van der Waals surface area contributed by atoms with E-state index in [1.807, 2.05) is 24.0 Å². The second-order valence-corrected chi connectivity index (χ2v) is 9.90. The Balaban J connectivity index is 0.000000801. The number of hydrogen-bond acceptors (Lipinski definition) is 6. The molecule has 33 heavy (non-hydrogen) atoms. The molecule has 1 aliphatic heterocycles. The van der Waals surface area contributed by atoms with Crippen molar-refractivity contribution in [2.45, 2.75) is 47.0 Å². The molecule has 1 aliphatic rings. The number of hydrogen-bond donors (Lipinski definition) is 0. The van der Waals surface area contributed by atoms with E-state index in [2.05, 4.69) is 48.9 Å². The monoisotopic (exact) mass is 500 g/mol. The Morgan fingerprint density at radius 3 is 2.03 bits per heavy atom. The number of esters is 1. The molecule has 1 fully saturated rings. The van der Waals surface area contributed by atoms with Gasteiger partial charge in [0.15, 0.2) is 0 Å². The Labute approximate surface area is 206 Å². The van der Waals surface area contributed by atoms with Crippen LogP contribution in [-0.2, 0) is 25.5 Å². The predicted octanol–water partition coefficient (Wildman–Crippen LogP) is 3.81. The van der Waals surface area contributed by atoms with Crippen molar-refractivity contribution in [3.05, 3.63) is 34.9 Å². The molecule has 1 aromatic carbocycles. The summed E-state index contributed by atoms with van der Waals surface area (Å²) in [6.45, 7) is 13.5. The van der Waals surface area contributed by atoms with Crippen molar-refractivity contribution < 1.29 is 23.9 Å². The quantitative estimate of drug-likeness (QED) is 0.321. The first kappa shape index (κ1) is 29.1. The molecule has 0 aliphatic carbocycles. The molecule has 0 radical (unpaired) electrons. The van der Waals surface area contributed by atoms with Gasteiger partial charge in [0.1, 0.15) is 0 Å². The van der Waals surface area contributed by atoms with Crippen LogP contribution < -0.4 is 0 Å². The van der Waals surface area contributed by atoms with Crippen molar-refractivity contribution in [3.63, 3.8) is 0 Å². The lowest BCUT2D eigenvalue weighted by molar-refractivity contribution is -0.133. The van der Waals surface area contributed by atoms with Crippen molar-refractivity contribution in [2.24, 2.45) is 5.41 Å². The van der Waals surface area contributed by atoms with Gasteiger partial charge in [-0.1, -0.05) is 26.8 Å². The zero-order valence-corrected chi connectivity index (χ0v) is 21.6. The number of methoxy groups -OCH3 is 1. The minimum atomic E-state index is -1.14. The minimum absolute atomic E-state index is 0.224. The van der Waals surface area contributed by atoms with E-state index >= 15 is 0 Å². The van der Waals surface area contributed by atoms with Crippen LogP contribution in [0.3, 0.4) is 0 Å². The number of aryl methyl sites for hydroxylation is 2. The normalized spacial score (nSPS) is 14.2. The van der Waals surface area contributed by atoms with Gasteiger partial charge in [-0.15, -0.1) is 0 Å². The number of rotatable bonds is 7. The fraction of sp³-hybridized carbons (Fsp3) is 0.583. The highest BCUT2D eigenvalue weighted by atomic mass is 35.5. The third kappa shape index (κ3) is 11.1. The molecule has 1 saturated heterocycles. The molecule has 1 aromatic rings. The summed E-state index contributed by atoms with van der Waals surface area (Å²) in [5, 5.41) is -2.28. The number of ether oxygens (including phenoxy) is 1. The lowest BCUT2D eigenvalue weighted by Gasteiger charge is -2.36. The number of benzene rings is 1. The SMILES string of the molecule is COC(=O)c1ccc(CCC(=O)N2CCN(CCC(C)(C)C)CC2)c(C)c1.O=C(Cl)C(=O)Cl. The van der Waals surface area contributed by atoms with Crippen molar-refractivity contribution in [1.82, 2.24) is 9.80 Å². The van der Waals surface area contributed by atoms with Crippen LogP contribution in [0.25, 0.3) is 0 Å². The average Bonchev–Trinajstić information content (AvgIpc) is 2.76. The zero-order valence-electron chi connectivity index (χ0n) is 20.1. The minimum Gasteiger partial charge on any atom is -0.465 e. The fourth-order valence-corrected chi connectivity index (χ4v) is 3.34. The van der Waals surface area contributed by atoms with E-state index in [1.165, 1.54) is 13.5 Å². The van der Waals surface area contributed by atoms with E-state index in [9.17, 15) is 19.2 Å². The number of carbonyl (C=O) groups excluding carboxylic acids is 4. The predicted molar refractivity (Wildman–Crippen MR) is 130 cm³/mol. The highest BCUT2D eigenvalue weighted by molar-refractivity contribution is 6.97. The third-order valence-corrected chi connectivity index (χ3v) is 5.87. The highest BCUT2D eigenvalue weighted by Gasteiger charge is 2.22. The van der Waals surface area contributed by atoms with Gasteiger partial charge in [0.25, 0.3) is 0 Å². The van der Waals surface area contributed by atoms with Crippen molar-refractivity contribution in [3.8, 4) is 0 Å². The van der Waals surface area contributed by atoms with E-state index in [-0.39, 0.29) is 11.9 Å². The van der Waals surface area contributed by atoms with Crippen molar-refractivity contribution >= 4 is 45.6 Å². The van der Waals surface area contributed by atoms with Crippen LogP contribution >= 0.6 is 23.2 Å². The zero-order chi connectivity index (χ0) is 25.2. The van der Waals surface area contributed by atoms with Crippen LogP contribution in [0.4, 0.5) is 0 Å². The summed E-state index contributed by atoms with van der Waals surface area (Å²) in [7, 11) is 1.38. The molecule has 1 amide bonds. The molecule has 0 unspecified atom stereocenters. The first-order valence-corrected chi connectivity index (χ1v) is 11.7. The summed E-state index contributed by atoms with van der Waals surface area (Å²) in [5.74, 6) is -0.105. The van der Waals surface area contributed by atoms with E-state index in [4.69, 9.17) is 4.74 Å². The number of nitrogens with zero attached hydrogens (tertiary/aromatic N) is 2. The molecule has 1 heterocycles. The van der Waals surface area contributed by atoms with Gasteiger partial charge in [-0.2, -0.15) is 0 Å². The molecule has 2 rings (SSSR count). The van der Waals surface area contributed by atoms with Gasteiger partial charge in [0.2, 0.25) is 5.91 Å². The smallest absolute Gasteiger partial charge is 0.337 e. The third-order valence-electron chi connectivity index (χ3n) is 5.43. The number of halogens is 2. The van der Waals surface area contributed by atoms with E-state index in [0.717, 1.165) is 43.9 Å². The van der Waals surface area contributed by atoms with Gasteiger partial charge < -0.3 is 9.64 Å². The Kier molecular flexibility index (Phi) is 12.0. The largest absolute Gasteiger partial charge is 0.465 e. The van der Waals surface area contributed by atoms with Gasteiger partial charge in [0.05, 0.1) is 12.7 Å². The first-order valence-electron chi connectivity index (χ1n) is 10.9. The number of amides is 1. The molecule has 0 spiro atoms. The maximum atomic E-state index is 12.6. The van der Waals surface area contributed by atoms with Crippen molar-refractivity contribution in [2.75, 3.05) is 39.8 Å². The molecule has 0 aromatic heterocycles. The highest BCUT2D eigenvalue weighted by Crippen LogP contribution is 2.20. The van der Waals surface area contributed by atoms with Gasteiger partial charge in [-0.25, -0.2) is 4.79 Å². The van der Waals surface area contributed by atoms with Crippen LogP contribution in [-0.4, -0.2) is 72.0 Å². The molecular formula is C24H34Cl2N2O5. The molecule has 0 bridgehead atoms. The summed E-state index contributed by atoms with van der Waals surface area (Å²) in [6, 6.07) is 5.53. The Morgan fingerprint density at radius 2 is 1.58 bits per heavy atom. The number of carbonyl (C=O) groups is 4. The molecule has 184 valence electrons. The lowest BCUT2D eigenvalue weighted by atomic mass is 9.92. The standard InChI is InChI=1S/C22H34N2O3.C2Cl2O2/c1-17-16-19(21(26)27-5)7-6-18(17)8-9-20(25)24-14-12-23(13-15-24)11-10-22(2,3)4;3-1(5)2(4)6/h6-7,16H,8-15H2,1-5H3;. The molecule has 0 N–H and O–H groups in total. The van der Waals surface area contributed by atoms with Crippen molar-refractivity contribution in [1.29, 1.82) is 0 Å². The topological polar surface area (TPSA) is 84.0 Å². The lowest BCUT2D eigenvalue weighted by Crippen LogP contribution is -2.49. The van der Waals surface area contributed by atoms with Gasteiger partial charge >= 0.3 is 16.5 Å². The first-order chi connectivity index (χ1) is 15.3. The summed E-state index contributed by atoms with van der Waals surface area (Å²) < 4.78 is 4.75. The molecule has 0 atom stereocenters. The second kappa shape index (κ2) is 13.7. The van der Waals surface area contributed by atoms with E-state index in [1.54, 1.807) is 6.07 Å². The van der Waals surface area contributed by atoms with Crippen LogP contribution in [0, 0.1) is 12.3 Å². The van der Waals surface area contributed by atoms with Gasteiger partial charge in [0, 0.05) is 32.6 Å². The summed E-state index contributed by atoms with van der Waals surface area (Å²) in [5.41, 5.74) is 3.04. The molecule has 7 nitrogen and oxygen atoms in total. The van der Waals surface area contributed by atoms with Gasteiger partial charge in [-0.3, -0.25) is 19.3 Å². The number of piperazine rings is 1. The Hall–Kier alpha value is -1.96. The maximum absolute atomic E-state index is 12.6. The Bertz CT molecular complexity index is 832. The van der Waals surface area contributed by atoms with E-state index < -0.39 is 10.5 Å². The van der Waals surface area contributed by atoms with Crippen LogP contribution in [0.2, 0.25) is 0 Å². The Morgan fingerprint density at radius 1 is 1.00 bits per heavy atom. The summed E-state index contributed by atoms with van der Waals surface area (Å²) in [6.07, 6.45) is 2.40. The van der Waals surface area contributed by atoms with Crippen LogP contribution in [0.15, 0.2) is 18.2 Å². The van der Waals surface area contributed by atoms with E-state index in [0.29, 0.717) is 23.8 Å². The molecular weight excluding hydrogens is 467 g/mol. The fourth-order valence-electron chi connectivity index (χ4n) is 3.34. The summed E-state index contributed by atoms with van der Waals surface area (Å²) in [4.78, 5) is 47.5.